The molecular formula is C29H26ClF3N4O2. The highest BCUT2D eigenvalue weighted by molar-refractivity contribution is 6.30. The maximum absolute atomic E-state index is 14.4. The average molecular weight is 555 g/mol. The van der Waals surface area contributed by atoms with Crippen LogP contribution in [0.3, 0.4) is 0 Å². The third-order valence-electron chi connectivity index (χ3n) is 7.29. The van der Waals surface area contributed by atoms with Gasteiger partial charge in [-0.1, -0.05) is 35.9 Å². The van der Waals surface area contributed by atoms with Crippen LogP contribution in [0, 0.1) is 17.0 Å². The quantitative estimate of drug-likeness (QED) is 0.188. The summed E-state index contributed by atoms with van der Waals surface area (Å²) in [6.45, 7) is 4.16. The van der Waals surface area contributed by atoms with Gasteiger partial charge in [-0.3, -0.25) is 10.1 Å². The van der Waals surface area contributed by atoms with Crippen LogP contribution in [0.2, 0.25) is 5.02 Å². The van der Waals surface area contributed by atoms with E-state index >= 15 is 0 Å². The largest absolute Gasteiger partial charge is 0.418 e. The molecule has 10 heteroatoms. The van der Waals surface area contributed by atoms with Crippen molar-refractivity contribution in [2.24, 2.45) is 7.05 Å². The molecule has 0 amide bonds. The molecule has 1 aliphatic heterocycles. The number of non-ortho nitro benzene ring substituents is 1. The van der Waals surface area contributed by atoms with Gasteiger partial charge in [0.05, 0.1) is 16.2 Å². The van der Waals surface area contributed by atoms with E-state index in [0.717, 1.165) is 11.4 Å². The average Bonchev–Trinajstić information content (AvgIpc) is 3.20. The first-order valence-electron chi connectivity index (χ1n) is 12.4. The Balaban J connectivity index is 1.47. The number of nitro benzene ring substituents is 1. The van der Waals surface area contributed by atoms with Crippen LogP contribution in [0.25, 0.3) is 22.4 Å². The van der Waals surface area contributed by atoms with Crippen molar-refractivity contribution < 1.29 is 18.1 Å². The Bertz CT molecular complexity index is 1510. The summed E-state index contributed by atoms with van der Waals surface area (Å²) in [4.78, 5) is 14.8. The summed E-state index contributed by atoms with van der Waals surface area (Å²) in [5.74, 6) is 0. The van der Waals surface area contributed by atoms with Crippen molar-refractivity contribution in [1.82, 2.24) is 4.57 Å². The lowest BCUT2D eigenvalue weighted by molar-refractivity contribution is -0.384. The van der Waals surface area contributed by atoms with Crippen molar-refractivity contribution in [2.75, 3.05) is 36.0 Å². The monoisotopic (exact) mass is 554 g/mol. The van der Waals surface area contributed by atoms with Crippen molar-refractivity contribution >= 4 is 28.7 Å². The maximum atomic E-state index is 14.4. The van der Waals surface area contributed by atoms with Gasteiger partial charge in [-0.15, -0.1) is 0 Å². The molecule has 0 unspecified atom stereocenters. The van der Waals surface area contributed by atoms with E-state index in [9.17, 15) is 23.3 Å². The third kappa shape index (κ3) is 5.18. The number of piperazine rings is 1. The van der Waals surface area contributed by atoms with Crippen LogP contribution in [0.4, 0.5) is 30.2 Å². The molecule has 1 aromatic heterocycles. The summed E-state index contributed by atoms with van der Waals surface area (Å²) < 4.78 is 44.8. The minimum Gasteiger partial charge on any atom is -0.368 e. The second-order valence-corrected chi connectivity index (χ2v) is 9.98. The summed E-state index contributed by atoms with van der Waals surface area (Å²) in [5, 5.41) is 11.5. The fraction of sp³-hybridized carbons (Fsp3) is 0.241. The number of halogens is 4. The number of nitrogens with zero attached hydrogens (tertiary/aromatic N) is 4. The molecule has 1 saturated heterocycles. The number of alkyl halides is 3. The Morgan fingerprint density at radius 3 is 2.00 bits per heavy atom. The molecule has 0 aliphatic carbocycles. The minimum absolute atomic E-state index is 0.0431. The molecule has 0 radical (unpaired) electrons. The maximum Gasteiger partial charge on any atom is 0.418 e. The molecular weight excluding hydrogens is 529 g/mol. The lowest BCUT2D eigenvalue weighted by Gasteiger charge is -2.37. The first kappa shape index (κ1) is 26.6. The van der Waals surface area contributed by atoms with Crippen molar-refractivity contribution in [1.29, 1.82) is 0 Å². The predicted molar refractivity (Wildman–Crippen MR) is 149 cm³/mol. The van der Waals surface area contributed by atoms with Crippen LogP contribution >= 0.6 is 11.6 Å². The second-order valence-electron chi connectivity index (χ2n) is 9.55. The van der Waals surface area contributed by atoms with E-state index < -0.39 is 16.7 Å². The van der Waals surface area contributed by atoms with Crippen molar-refractivity contribution in [3.8, 4) is 22.4 Å². The molecule has 0 N–H and O–H groups in total. The van der Waals surface area contributed by atoms with Gasteiger partial charge in [0, 0.05) is 73.0 Å². The SMILES string of the molecule is Cc1c(C(F)(F)F)c(-c2cccc(N3CCN(c4ccc([N+](=O)[O-])cc4)CC3)c2)c(-c2ccc(Cl)cc2)n1C. The van der Waals surface area contributed by atoms with E-state index in [2.05, 4.69) is 9.80 Å². The fourth-order valence-electron chi connectivity index (χ4n) is 5.24. The molecule has 3 aromatic carbocycles. The van der Waals surface area contributed by atoms with Gasteiger partial charge in [0.25, 0.3) is 5.69 Å². The normalized spacial score (nSPS) is 14.1. The zero-order valence-corrected chi connectivity index (χ0v) is 22.1. The summed E-state index contributed by atoms with van der Waals surface area (Å²) in [5.41, 5.74) is 3.06. The molecule has 2 heterocycles. The number of hydrogen-bond donors (Lipinski definition) is 0. The zero-order chi connectivity index (χ0) is 27.9. The van der Waals surface area contributed by atoms with Gasteiger partial charge in [-0.2, -0.15) is 13.2 Å². The standard InChI is InChI=1S/C29H26ClF3N4O2/c1-19-27(29(31,32)33)26(28(34(19)2)20-6-8-22(30)9-7-20)21-4-3-5-25(18-21)36-16-14-35(15-17-36)23-10-12-24(13-11-23)37(38)39/h3-13,18H,14-17H2,1-2H3. The van der Waals surface area contributed by atoms with E-state index in [1.165, 1.54) is 19.1 Å². The van der Waals surface area contributed by atoms with Crippen molar-refractivity contribution in [3.63, 3.8) is 0 Å². The van der Waals surface area contributed by atoms with Gasteiger partial charge in [-0.05, 0) is 54.4 Å². The molecule has 0 atom stereocenters. The van der Waals surface area contributed by atoms with Crippen LogP contribution in [0.15, 0.2) is 72.8 Å². The number of rotatable bonds is 5. The lowest BCUT2D eigenvalue weighted by Crippen LogP contribution is -2.46. The summed E-state index contributed by atoms with van der Waals surface area (Å²) in [6, 6.07) is 20.5. The summed E-state index contributed by atoms with van der Waals surface area (Å²) in [6.07, 6.45) is -4.53. The molecule has 0 bridgehead atoms. The lowest BCUT2D eigenvalue weighted by atomic mass is 9.96. The van der Waals surface area contributed by atoms with E-state index in [1.54, 1.807) is 60.1 Å². The van der Waals surface area contributed by atoms with Gasteiger partial charge in [0.2, 0.25) is 0 Å². The van der Waals surface area contributed by atoms with Gasteiger partial charge >= 0.3 is 6.18 Å². The molecule has 6 nitrogen and oxygen atoms in total. The molecule has 1 fully saturated rings. The summed E-state index contributed by atoms with van der Waals surface area (Å²) in [7, 11) is 1.65. The van der Waals surface area contributed by atoms with Crippen LogP contribution in [-0.2, 0) is 13.2 Å². The number of aromatic nitrogens is 1. The highest BCUT2D eigenvalue weighted by Gasteiger charge is 2.40. The van der Waals surface area contributed by atoms with Crippen LogP contribution in [0.5, 0.6) is 0 Å². The fourth-order valence-corrected chi connectivity index (χ4v) is 5.37. The molecule has 0 spiro atoms. The Morgan fingerprint density at radius 1 is 0.846 bits per heavy atom. The first-order valence-corrected chi connectivity index (χ1v) is 12.8. The van der Waals surface area contributed by atoms with E-state index in [0.29, 0.717) is 48.0 Å². The Hall–Kier alpha value is -3.98. The molecule has 0 saturated carbocycles. The van der Waals surface area contributed by atoms with Crippen LogP contribution in [-0.4, -0.2) is 35.7 Å². The first-order chi connectivity index (χ1) is 18.5. The van der Waals surface area contributed by atoms with E-state index in [1.807, 2.05) is 12.1 Å². The smallest absolute Gasteiger partial charge is 0.368 e. The number of nitro groups is 1. The highest BCUT2D eigenvalue weighted by Crippen LogP contribution is 2.46. The highest BCUT2D eigenvalue weighted by atomic mass is 35.5. The Kier molecular flexibility index (Phi) is 7.03. The van der Waals surface area contributed by atoms with Crippen molar-refractivity contribution in [3.05, 3.63) is 99.2 Å². The third-order valence-corrected chi connectivity index (χ3v) is 7.55. The van der Waals surface area contributed by atoms with Crippen LogP contribution < -0.4 is 9.80 Å². The molecule has 4 aromatic rings. The Morgan fingerprint density at radius 2 is 1.44 bits per heavy atom. The van der Waals surface area contributed by atoms with Gasteiger partial charge < -0.3 is 14.4 Å². The molecule has 39 heavy (non-hydrogen) atoms. The van der Waals surface area contributed by atoms with Crippen LogP contribution in [0.1, 0.15) is 11.3 Å². The molecule has 5 rings (SSSR count). The molecule has 202 valence electrons. The van der Waals surface area contributed by atoms with Gasteiger partial charge in [-0.25, -0.2) is 0 Å². The Labute approximate surface area is 229 Å². The second kappa shape index (κ2) is 10.3. The summed E-state index contributed by atoms with van der Waals surface area (Å²) >= 11 is 6.06. The number of anilines is 2. The van der Waals surface area contributed by atoms with Crippen molar-refractivity contribution in [2.45, 2.75) is 13.1 Å². The van der Waals surface area contributed by atoms with E-state index in [-0.39, 0.29) is 16.9 Å². The minimum atomic E-state index is -4.53. The predicted octanol–water partition coefficient (Wildman–Crippen LogP) is 7.57. The zero-order valence-electron chi connectivity index (χ0n) is 21.4. The number of benzene rings is 3. The van der Waals surface area contributed by atoms with E-state index in [4.69, 9.17) is 11.6 Å². The molecule has 1 aliphatic rings. The topological polar surface area (TPSA) is 54.6 Å². The number of hydrogen-bond acceptors (Lipinski definition) is 4. The van der Waals surface area contributed by atoms with Gasteiger partial charge in [0.15, 0.2) is 0 Å². The van der Waals surface area contributed by atoms with Gasteiger partial charge in [0.1, 0.15) is 0 Å².